The summed E-state index contributed by atoms with van der Waals surface area (Å²) in [4.78, 5) is 15.6. The molecule has 128 valence electrons. The highest BCUT2D eigenvalue weighted by molar-refractivity contribution is 7.10. The standard InChI is InChI=1S/C15H25N3OS.2ClH/c1-16-8-7-14(19)17-11-12-5-3-9-18(2)15(12)13-6-4-10-20-13;;/h4,6,10,12,15-16H,3,5,7-9,11H2,1-2H3,(H,17,19);2*1H. The van der Waals surface area contributed by atoms with Crippen LogP contribution in [0.4, 0.5) is 0 Å². The van der Waals surface area contributed by atoms with Crippen LogP contribution in [-0.2, 0) is 4.79 Å². The normalized spacial score (nSPS) is 21.5. The van der Waals surface area contributed by atoms with E-state index in [0.29, 0.717) is 18.4 Å². The van der Waals surface area contributed by atoms with E-state index in [2.05, 4.69) is 40.1 Å². The van der Waals surface area contributed by atoms with Gasteiger partial charge in [-0.2, -0.15) is 0 Å². The summed E-state index contributed by atoms with van der Waals surface area (Å²) in [6.07, 6.45) is 2.97. The minimum atomic E-state index is 0. The molecule has 2 heterocycles. The number of carbonyl (C=O) groups excluding carboxylic acids is 1. The molecule has 1 aromatic heterocycles. The number of thiophene rings is 1. The second kappa shape index (κ2) is 11.2. The van der Waals surface area contributed by atoms with Crippen LogP contribution in [-0.4, -0.2) is 44.5 Å². The fraction of sp³-hybridized carbons (Fsp3) is 0.667. The topological polar surface area (TPSA) is 44.4 Å². The smallest absolute Gasteiger partial charge is 0.221 e. The molecule has 0 bridgehead atoms. The van der Waals surface area contributed by atoms with Crippen LogP contribution in [0.15, 0.2) is 17.5 Å². The van der Waals surface area contributed by atoms with Gasteiger partial charge < -0.3 is 10.6 Å². The van der Waals surface area contributed by atoms with E-state index in [1.807, 2.05) is 18.4 Å². The molecule has 0 spiro atoms. The molecular weight excluding hydrogens is 341 g/mol. The maximum atomic E-state index is 11.8. The first-order valence-corrected chi connectivity index (χ1v) is 8.25. The zero-order chi connectivity index (χ0) is 14.4. The average Bonchev–Trinajstić information content (AvgIpc) is 2.96. The molecule has 0 radical (unpaired) electrons. The molecule has 1 amide bonds. The Labute approximate surface area is 149 Å². The Kier molecular flexibility index (Phi) is 11.1. The second-order valence-corrected chi connectivity index (χ2v) is 6.48. The number of nitrogens with zero attached hydrogens (tertiary/aromatic N) is 1. The summed E-state index contributed by atoms with van der Waals surface area (Å²) in [5, 5.41) is 8.25. The highest BCUT2D eigenvalue weighted by Crippen LogP contribution is 2.36. The third-order valence-corrected chi connectivity index (χ3v) is 4.95. The van der Waals surface area contributed by atoms with Crippen molar-refractivity contribution in [3.8, 4) is 0 Å². The number of halogens is 2. The molecule has 1 fully saturated rings. The van der Waals surface area contributed by atoms with E-state index in [9.17, 15) is 4.79 Å². The fourth-order valence-corrected chi connectivity index (χ4v) is 3.94. The Morgan fingerprint density at radius 3 is 2.86 bits per heavy atom. The first-order chi connectivity index (χ1) is 9.72. The van der Waals surface area contributed by atoms with Crippen LogP contribution in [0, 0.1) is 5.92 Å². The molecule has 0 saturated carbocycles. The summed E-state index contributed by atoms with van der Waals surface area (Å²) in [6, 6.07) is 4.78. The third-order valence-electron chi connectivity index (χ3n) is 4.01. The van der Waals surface area contributed by atoms with E-state index >= 15 is 0 Å². The minimum absolute atomic E-state index is 0. The number of nitrogens with one attached hydrogen (secondary N) is 2. The molecule has 2 N–H and O–H groups in total. The number of rotatable bonds is 6. The molecule has 1 aromatic rings. The lowest BCUT2D eigenvalue weighted by molar-refractivity contribution is -0.121. The van der Waals surface area contributed by atoms with Gasteiger partial charge in [0.15, 0.2) is 0 Å². The van der Waals surface area contributed by atoms with Crippen molar-refractivity contribution in [2.75, 3.05) is 33.7 Å². The van der Waals surface area contributed by atoms with E-state index in [1.165, 1.54) is 17.7 Å². The second-order valence-electron chi connectivity index (χ2n) is 5.50. The lowest BCUT2D eigenvalue weighted by Crippen LogP contribution is -2.41. The highest BCUT2D eigenvalue weighted by atomic mass is 35.5. The van der Waals surface area contributed by atoms with Crippen LogP contribution in [0.1, 0.15) is 30.2 Å². The van der Waals surface area contributed by atoms with Gasteiger partial charge in [0, 0.05) is 30.4 Å². The zero-order valence-electron chi connectivity index (χ0n) is 13.2. The van der Waals surface area contributed by atoms with Crippen molar-refractivity contribution in [2.45, 2.75) is 25.3 Å². The van der Waals surface area contributed by atoms with Crippen molar-refractivity contribution in [2.24, 2.45) is 5.92 Å². The largest absolute Gasteiger partial charge is 0.356 e. The number of amides is 1. The third kappa shape index (κ3) is 6.05. The van der Waals surface area contributed by atoms with Crippen molar-refractivity contribution in [1.82, 2.24) is 15.5 Å². The van der Waals surface area contributed by atoms with Crippen LogP contribution in [0.3, 0.4) is 0 Å². The van der Waals surface area contributed by atoms with Crippen LogP contribution >= 0.6 is 36.2 Å². The van der Waals surface area contributed by atoms with Gasteiger partial charge in [0.05, 0.1) is 0 Å². The van der Waals surface area contributed by atoms with E-state index in [0.717, 1.165) is 19.6 Å². The molecule has 1 saturated heterocycles. The van der Waals surface area contributed by atoms with Crippen LogP contribution in [0.5, 0.6) is 0 Å². The lowest BCUT2D eigenvalue weighted by Gasteiger charge is -2.38. The predicted molar refractivity (Wildman–Crippen MR) is 98.5 cm³/mol. The quantitative estimate of drug-likeness (QED) is 0.812. The molecule has 2 atom stereocenters. The van der Waals surface area contributed by atoms with E-state index < -0.39 is 0 Å². The first kappa shape index (κ1) is 21.7. The van der Waals surface area contributed by atoms with Crippen molar-refractivity contribution in [3.05, 3.63) is 22.4 Å². The number of piperidine rings is 1. The van der Waals surface area contributed by atoms with Gasteiger partial charge in [-0.25, -0.2) is 0 Å². The van der Waals surface area contributed by atoms with Crippen LogP contribution in [0.25, 0.3) is 0 Å². The lowest BCUT2D eigenvalue weighted by atomic mass is 9.88. The SMILES string of the molecule is CNCCC(=O)NCC1CCCN(C)C1c1cccs1.Cl.Cl. The fourth-order valence-electron chi connectivity index (χ4n) is 2.95. The molecular formula is C15H27Cl2N3OS. The summed E-state index contributed by atoms with van der Waals surface area (Å²) >= 11 is 1.82. The average molecular weight is 368 g/mol. The van der Waals surface area contributed by atoms with Gasteiger partial charge in [-0.3, -0.25) is 9.69 Å². The molecule has 1 aliphatic rings. The summed E-state index contributed by atoms with van der Waals surface area (Å²) in [7, 11) is 4.07. The van der Waals surface area contributed by atoms with Crippen LogP contribution < -0.4 is 10.6 Å². The zero-order valence-corrected chi connectivity index (χ0v) is 15.7. The Hall–Kier alpha value is -0.330. The van der Waals surface area contributed by atoms with Gasteiger partial charge in [0.25, 0.3) is 0 Å². The van der Waals surface area contributed by atoms with Crippen LogP contribution in [0.2, 0.25) is 0 Å². The summed E-state index contributed by atoms with van der Waals surface area (Å²) in [5.74, 6) is 0.670. The predicted octanol–water partition coefficient (Wildman–Crippen LogP) is 2.70. The highest BCUT2D eigenvalue weighted by Gasteiger charge is 2.31. The van der Waals surface area contributed by atoms with E-state index in [-0.39, 0.29) is 30.7 Å². The molecule has 2 unspecified atom stereocenters. The monoisotopic (exact) mass is 367 g/mol. The Morgan fingerprint density at radius 2 is 2.23 bits per heavy atom. The molecule has 7 heteroatoms. The van der Waals surface area contributed by atoms with Gasteiger partial charge in [0.1, 0.15) is 0 Å². The molecule has 0 aliphatic carbocycles. The van der Waals surface area contributed by atoms with Crippen molar-refractivity contribution in [1.29, 1.82) is 0 Å². The Balaban J connectivity index is 0.00000220. The Bertz CT molecular complexity index is 417. The molecule has 1 aliphatic heterocycles. The summed E-state index contributed by atoms with van der Waals surface area (Å²) in [5.41, 5.74) is 0. The number of hydrogen-bond donors (Lipinski definition) is 2. The van der Waals surface area contributed by atoms with Crippen molar-refractivity contribution in [3.63, 3.8) is 0 Å². The molecule has 4 nitrogen and oxygen atoms in total. The van der Waals surface area contributed by atoms with Gasteiger partial charge in [-0.15, -0.1) is 36.2 Å². The summed E-state index contributed by atoms with van der Waals surface area (Å²) < 4.78 is 0. The minimum Gasteiger partial charge on any atom is -0.356 e. The van der Waals surface area contributed by atoms with Gasteiger partial charge in [-0.1, -0.05) is 6.07 Å². The molecule has 22 heavy (non-hydrogen) atoms. The number of carbonyl (C=O) groups is 1. The van der Waals surface area contributed by atoms with Gasteiger partial charge >= 0.3 is 0 Å². The Morgan fingerprint density at radius 1 is 1.45 bits per heavy atom. The number of hydrogen-bond acceptors (Lipinski definition) is 4. The molecule has 0 aromatic carbocycles. The van der Waals surface area contributed by atoms with Gasteiger partial charge in [-0.05, 0) is 50.8 Å². The van der Waals surface area contributed by atoms with Gasteiger partial charge in [0.2, 0.25) is 5.91 Å². The van der Waals surface area contributed by atoms with Crippen molar-refractivity contribution < 1.29 is 4.79 Å². The van der Waals surface area contributed by atoms with E-state index in [1.54, 1.807) is 0 Å². The van der Waals surface area contributed by atoms with E-state index in [4.69, 9.17) is 0 Å². The number of likely N-dealkylation sites (tertiary alicyclic amines) is 1. The summed E-state index contributed by atoms with van der Waals surface area (Å²) in [6.45, 7) is 2.67. The van der Waals surface area contributed by atoms with Crippen molar-refractivity contribution >= 4 is 42.1 Å². The first-order valence-electron chi connectivity index (χ1n) is 7.37. The maximum Gasteiger partial charge on any atom is 0.221 e. The molecule has 2 rings (SSSR count). The maximum absolute atomic E-state index is 11.8.